The van der Waals surface area contributed by atoms with Gasteiger partial charge in [0.2, 0.25) is 0 Å². The van der Waals surface area contributed by atoms with Gasteiger partial charge in [-0.25, -0.2) is 8.78 Å². The highest BCUT2D eigenvalue weighted by molar-refractivity contribution is 5.31. The molecule has 1 aliphatic rings. The van der Waals surface area contributed by atoms with Crippen molar-refractivity contribution >= 4 is 0 Å². The molecule has 1 aromatic carbocycles. The van der Waals surface area contributed by atoms with Crippen LogP contribution in [-0.4, -0.2) is 25.9 Å². The molecule has 21 heavy (non-hydrogen) atoms. The highest BCUT2D eigenvalue weighted by atomic mass is 19.1. The summed E-state index contributed by atoms with van der Waals surface area (Å²) in [5.41, 5.74) is 0.581. The molecule has 0 saturated carbocycles. The van der Waals surface area contributed by atoms with Crippen LogP contribution in [0.2, 0.25) is 0 Å². The van der Waals surface area contributed by atoms with Gasteiger partial charge in [-0.05, 0) is 36.5 Å². The fraction of sp³-hybridized carbons (Fsp3) is 0.625. The van der Waals surface area contributed by atoms with Crippen LogP contribution in [0.4, 0.5) is 8.78 Å². The van der Waals surface area contributed by atoms with Crippen LogP contribution in [-0.2, 0) is 11.3 Å². The normalized spacial score (nSPS) is 16.4. The molecule has 0 bridgehead atoms. The lowest BCUT2D eigenvalue weighted by molar-refractivity contribution is 0.0485. The fourth-order valence-corrected chi connectivity index (χ4v) is 2.29. The summed E-state index contributed by atoms with van der Waals surface area (Å²) in [6.45, 7) is 6.13. The van der Waals surface area contributed by atoms with Crippen molar-refractivity contribution in [2.75, 3.05) is 19.8 Å². The Hall–Kier alpha value is -1.20. The molecular weight excluding hydrogens is 276 g/mol. The van der Waals surface area contributed by atoms with E-state index in [1.54, 1.807) is 0 Å². The van der Waals surface area contributed by atoms with E-state index in [4.69, 9.17) is 9.47 Å². The smallest absolute Gasteiger partial charge is 0.190 e. The van der Waals surface area contributed by atoms with Crippen LogP contribution < -0.4 is 10.1 Å². The van der Waals surface area contributed by atoms with E-state index in [0.29, 0.717) is 37.8 Å². The monoisotopic (exact) mass is 299 g/mol. The zero-order valence-electron chi connectivity index (χ0n) is 12.6. The van der Waals surface area contributed by atoms with Crippen LogP contribution in [0.1, 0.15) is 32.3 Å². The Morgan fingerprint density at radius 3 is 2.43 bits per heavy atom. The maximum atomic E-state index is 14.0. The molecule has 1 heterocycles. The Morgan fingerprint density at radius 2 is 1.86 bits per heavy atom. The Labute approximate surface area is 124 Å². The van der Waals surface area contributed by atoms with Gasteiger partial charge in [-0.2, -0.15) is 0 Å². The third-order valence-electron chi connectivity index (χ3n) is 3.58. The minimum absolute atomic E-state index is 0.264. The summed E-state index contributed by atoms with van der Waals surface area (Å²) in [6.07, 6.45) is 1.75. The van der Waals surface area contributed by atoms with Gasteiger partial charge >= 0.3 is 0 Å². The first-order valence-corrected chi connectivity index (χ1v) is 7.48. The number of halogens is 2. The Balaban J connectivity index is 1.95. The minimum Gasteiger partial charge on any atom is -0.487 e. The van der Waals surface area contributed by atoms with Crippen LogP contribution in [0.3, 0.4) is 0 Å². The highest BCUT2D eigenvalue weighted by Crippen LogP contribution is 2.25. The predicted molar refractivity (Wildman–Crippen MR) is 77.4 cm³/mol. The zero-order valence-corrected chi connectivity index (χ0v) is 12.6. The van der Waals surface area contributed by atoms with E-state index in [1.807, 2.05) is 13.8 Å². The van der Waals surface area contributed by atoms with Gasteiger partial charge in [0.05, 0.1) is 6.61 Å². The average Bonchev–Trinajstić information content (AvgIpc) is 2.45. The maximum Gasteiger partial charge on any atom is 0.190 e. The second kappa shape index (κ2) is 7.71. The molecule has 2 rings (SSSR count). The summed E-state index contributed by atoms with van der Waals surface area (Å²) in [7, 11) is 0. The summed E-state index contributed by atoms with van der Waals surface area (Å²) in [5, 5.41) is 3.13. The van der Waals surface area contributed by atoms with Crippen LogP contribution in [0, 0.1) is 17.6 Å². The van der Waals surface area contributed by atoms with Crippen molar-refractivity contribution < 1.29 is 18.3 Å². The van der Waals surface area contributed by atoms with E-state index >= 15 is 0 Å². The Bertz CT molecular complexity index is 437. The number of rotatable bonds is 6. The lowest BCUT2D eigenvalue weighted by Gasteiger charge is -2.22. The Morgan fingerprint density at radius 1 is 1.24 bits per heavy atom. The van der Waals surface area contributed by atoms with Crippen molar-refractivity contribution in [2.24, 2.45) is 5.92 Å². The van der Waals surface area contributed by atoms with Gasteiger partial charge in [0, 0.05) is 25.8 Å². The molecule has 0 radical (unpaired) electrons. The first kappa shape index (κ1) is 16.2. The van der Waals surface area contributed by atoms with E-state index in [2.05, 4.69) is 5.32 Å². The molecule has 0 spiro atoms. The standard InChI is InChI=1S/C16H23F2NO2/c1-11(2)19-9-13-7-14(17)16(15(18)8-13)21-10-12-3-5-20-6-4-12/h7-8,11-12,19H,3-6,9-10H2,1-2H3. The predicted octanol–water partition coefficient (Wildman–Crippen LogP) is 3.27. The number of hydrogen-bond acceptors (Lipinski definition) is 3. The van der Waals surface area contributed by atoms with E-state index < -0.39 is 11.6 Å². The minimum atomic E-state index is -0.636. The van der Waals surface area contributed by atoms with Crippen molar-refractivity contribution in [1.82, 2.24) is 5.32 Å². The number of nitrogens with one attached hydrogen (secondary N) is 1. The van der Waals surface area contributed by atoms with Crippen molar-refractivity contribution in [1.29, 1.82) is 0 Å². The molecule has 0 atom stereocenters. The van der Waals surface area contributed by atoms with Gasteiger partial charge in [-0.3, -0.25) is 0 Å². The summed E-state index contributed by atoms with van der Waals surface area (Å²) in [6, 6.07) is 2.93. The number of hydrogen-bond donors (Lipinski definition) is 1. The van der Waals surface area contributed by atoms with Gasteiger partial charge in [-0.15, -0.1) is 0 Å². The number of ether oxygens (including phenoxy) is 2. The molecule has 1 aliphatic heterocycles. The van der Waals surface area contributed by atoms with E-state index in [-0.39, 0.29) is 11.8 Å². The fourth-order valence-electron chi connectivity index (χ4n) is 2.29. The van der Waals surface area contributed by atoms with Gasteiger partial charge in [0.25, 0.3) is 0 Å². The average molecular weight is 299 g/mol. The van der Waals surface area contributed by atoms with Crippen LogP contribution in [0.15, 0.2) is 12.1 Å². The molecule has 118 valence electrons. The number of benzene rings is 1. The molecule has 1 fully saturated rings. The molecule has 0 amide bonds. The van der Waals surface area contributed by atoms with Crippen molar-refractivity contribution in [3.63, 3.8) is 0 Å². The van der Waals surface area contributed by atoms with Gasteiger partial charge in [0.1, 0.15) is 0 Å². The molecule has 3 nitrogen and oxygen atoms in total. The van der Waals surface area contributed by atoms with Crippen molar-refractivity contribution in [3.05, 3.63) is 29.3 Å². The second-order valence-corrected chi connectivity index (χ2v) is 5.79. The molecular formula is C16H23F2NO2. The molecule has 0 unspecified atom stereocenters. The maximum absolute atomic E-state index is 14.0. The molecule has 1 aromatic rings. The molecule has 1 saturated heterocycles. The van der Waals surface area contributed by atoms with Crippen molar-refractivity contribution in [2.45, 2.75) is 39.3 Å². The first-order valence-electron chi connectivity index (χ1n) is 7.48. The second-order valence-electron chi connectivity index (χ2n) is 5.79. The quantitative estimate of drug-likeness (QED) is 0.874. The molecule has 0 aromatic heterocycles. The summed E-state index contributed by atoms with van der Waals surface area (Å²) < 4.78 is 38.6. The lowest BCUT2D eigenvalue weighted by atomic mass is 10.0. The van der Waals surface area contributed by atoms with Crippen LogP contribution in [0.25, 0.3) is 0 Å². The third-order valence-corrected chi connectivity index (χ3v) is 3.58. The first-order chi connectivity index (χ1) is 10.1. The lowest BCUT2D eigenvalue weighted by Crippen LogP contribution is -2.23. The van der Waals surface area contributed by atoms with Crippen LogP contribution in [0.5, 0.6) is 5.75 Å². The molecule has 1 N–H and O–H groups in total. The van der Waals surface area contributed by atoms with Gasteiger partial charge < -0.3 is 14.8 Å². The van der Waals surface area contributed by atoms with E-state index in [9.17, 15) is 8.78 Å². The zero-order chi connectivity index (χ0) is 15.2. The SMILES string of the molecule is CC(C)NCc1cc(F)c(OCC2CCOCC2)c(F)c1. The van der Waals surface area contributed by atoms with Gasteiger partial charge in [0.15, 0.2) is 17.4 Å². The summed E-state index contributed by atoms with van der Waals surface area (Å²) in [4.78, 5) is 0. The topological polar surface area (TPSA) is 30.5 Å². The van der Waals surface area contributed by atoms with Crippen LogP contribution >= 0.6 is 0 Å². The van der Waals surface area contributed by atoms with E-state index in [0.717, 1.165) is 12.8 Å². The van der Waals surface area contributed by atoms with Crippen molar-refractivity contribution in [3.8, 4) is 5.75 Å². The largest absolute Gasteiger partial charge is 0.487 e. The summed E-state index contributed by atoms with van der Waals surface area (Å²) >= 11 is 0. The highest BCUT2D eigenvalue weighted by Gasteiger charge is 2.18. The van der Waals surface area contributed by atoms with Gasteiger partial charge in [-0.1, -0.05) is 13.8 Å². The molecule has 0 aliphatic carbocycles. The Kier molecular flexibility index (Phi) is 5.94. The molecule has 5 heteroatoms. The summed E-state index contributed by atoms with van der Waals surface area (Å²) in [5.74, 6) is -1.24. The third kappa shape index (κ3) is 4.93. The van der Waals surface area contributed by atoms with E-state index in [1.165, 1.54) is 12.1 Å².